The van der Waals surface area contributed by atoms with Crippen molar-refractivity contribution in [1.29, 1.82) is 0 Å². The molecule has 1 amide bonds. The van der Waals surface area contributed by atoms with Crippen molar-refractivity contribution in [3.8, 4) is 23.0 Å². The lowest BCUT2D eigenvalue weighted by Crippen LogP contribution is -2.17. The number of rotatable bonds is 11. The molecule has 0 aromatic heterocycles. The number of halogens is 1. The molecule has 0 atom stereocenters. The summed E-state index contributed by atoms with van der Waals surface area (Å²) in [6.07, 6.45) is 1.47. The molecular weight excluding hydrogens is 532 g/mol. The molecule has 0 aliphatic rings. The molecule has 0 saturated carbocycles. The average molecular weight is 559 g/mol. The molecule has 0 saturated heterocycles. The molecule has 4 rings (SSSR count). The van der Waals surface area contributed by atoms with E-state index < -0.39 is 5.97 Å². The van der Waals surface area contributed by atoms with Gasteiger partial charge in [-0.05, 0) is 96.9 Å². The topological polar surface area (TPSA) is 95.5 Å². The van der Waals surface area contributed by atoms with E-state index in [1.165, 1.54) is 6.21 Å². The minimum Gasteiger partial charge on any atom is -0.497 e. The van der Waals surface area contributed by atoms with Crippen molar-refractivity contribution in [2.45, 2.75) is 13.5 Å². The van der Waals surface area contributed by atoms with Gasteiger partial charge < -0.3 is 18.9 Å². The molecule has 0 fully saturated rings. The van der Waals surface area contributed by atoms with E-state index in [1.807, 2.05) is 19.1 Å². The SMILES string of the molecule is CCOc1cc(/C=N/NC(=O)c2ccc(OCc3ccc(Cl)cc3)cc2)ccc1OC(=O)c1ccc(OC)cc1. The van der Waals surface area contributed by atoms with Gasteiger partial charge in [-0.25, -0.2) is 10.2 Å². The van der Waals surface area contributed by atoms with Crippen LogP contribution in [-0.4, -0.2) is 31.8 Å². The summed E-state index contributed by atoms with van der Waals surface area (Å²) in [5.41, 5.74) is 4.92. The van der Waals surface area contributed by atoms with Crippen molar-refractivity contribution >= 4 is 29.7 Å². The Hall–Kier alpha value is -4.82. The van der Waals surface area contributed by atoms with Gasteiger partial charge in [0.15, 0.2) is 11.5 Å². The number of hydrazone groups is 1. The number of nitrogens with zero attached hydrogens (tertiary/aromatic N) is 1. The summed E-state index contributed by atoms with van der Waals surface area (Å²) >= 11 is 5.90. The van der Waals surface area contributed by atoms with E-state index in [1.54, 1.807) is 86.0 Å². The number of amides is 1. The molecule has 8 nitrogen and oxygen atoms in total. The highest BCUT2D eigenvalue weighted by Crippen LogP contribution is 2.29. The number of ether oxygens (including phenoxy) is 4. The second-order valence-electron chi connectivity index (χ2n) is 8.40. The maximum Gasteiger partial charge on any atom is 0.343 e. The van der Waals surface area contributed by atoms with Crippen molar-refractivity contribution in [3.63, 3.8) is 0 Å². The summed E-state index contributed by atoms with van der Waals surface area (Å²) in [6.45, 7) is 2.57. The van der Waals surface area contributed by atoms with Crippen LogP contribution in [0, 0.1) is 0 Å². The molecular formula is C31H27ClN2O6. The zero-order chi connectivity index (χ0) is 28.3. The average Bonchev–Trinajstić information content (AvgIpc) is 2.98. The highest BCUT2D eigenvalue weighted by molar-refractivity contribution is 6.30. The van der Waals surface area contributed by atoms with Crippen LogP contribution in [0.1, 0.15) is 38.8 Å². The van der Waals surface area contributed by atoms with E-state index in [0.29, 0.717) is 52.2 Å². The van der Waals surface area contributed by atoms with Gasteiger partial charge in [0.25, 0.3) is 5.91 Å². The Morgan fingerprint density at radius 3 is 2.17 bits per heavy atom. The first-order valence-electron chi connectivity index (χ1n) is 12.4. The van der Waals surface area contributed by atoms with Crippen LogP contribution >= 0.6 is 11.6 Å². The quantitative estimate of drug-likeness (QED) is 0.100. The second kappa shape index (κ2) is 13.8. The third-order valence-electron chi connectivity index (χ3n) is 5.61. The van der Waals surface area contributed by atoms with E-state index in [-0.39, 0.29) is 11.7 Å². The molecule has 0 aliphatic heterocycles. The van der Waals surface area contributed by atoms with E-state index in [2.05, 4.69) is 10.5 Å². The standard InChI is InChI=1S/C31H27ClN2O6/c1-3-38-29-18-22(6-17-28(29)40-31(36)24-9-13-26(37-2)14-10-24)19-33-34-30(35)23-7-15-27(16-8-23)39-20-21-4-11-25(32)12-5-21/h4-19H,3,20H2,1-2H3,(H,34,35)/b33-19+. The molecule has 0 bridgehead atoms. The molecule has 1 N–H and O–H groups in total. The first-order valence-corrected chi connectivity index (χ1v) is 12.8. The lowest BCUT2D eigenvalue weighted by molar-refractivity contribution is 0.0728. The minimum absolute atomic E-state index is 0.266. The Morgan fingerprint density at radius 2 is 1.50 bits per heavy atom. The van der Waals surface area contributed by atoms with Crippen LogP contribution in [0.5, 0.6) is 23.0 Å². The van der Waals surface area contributed by atoms with Crippen LogP contribution < -0.4 is 24.4 Å². The van der Waals surface area contributed by atoms with Crippen LogP contribution in [0.25, 0.3) is 0 Å². The number of benzene rings is 4. The number of hydrogen-bond donors (Lipinski definition) is 1. The summed E-state index contributed by atoms with van der Waals surface area (Å²) in [7, 11) is 1.55. The zero-order valence-electron chi connectivity index (χ0n) is 21.9. The molecule has 4 aromatic carbocycles. The Balaban J connectivity index is 1.33. The molecule has 40 heavy (non-hydrogen) atoms. The van der Waals surface area contributed by atoms with Crippen molar-refractivity contribution in [2.75, 3.05) is 13.7 Å². The van der Waals surface area contributed by atoms with E-state index in [4.69, 9.17) is 30.5 Å². The first-order chi connectivity index (χ1) is 19.4. The van der Waals surface area contributed by atoms with Crippen molar-refractivity contribution < 1.29 is 28.5 Å². The number of hydrogen-bond acceptors (Lipinski definition) is 7. The van der Waals surface area contributed by atoms with Gasteiger partial charge in [0.05, 0.1) is 25.5 Å². The number of methoxy groups -OCH3 is 1. The molecule has 0 radical (unpaired) electrons. The van der Waals surface area contributed by atoms with Crippen LogP contribution in [0.15, 0.2) is 96.1 Å². The van der Waals surface area contributed by atoms with Crippen LogP contribution in [0.2, 0.25) is 5.02 Å². The number of carbonyl (C=O) groups is 2. The summed E-state index contributed by atoms with van der Waals surface area (Å²) in [6, 6.07) is 25.7. The molecule has 4 aromatic rings. The molecule has 9 heteroatoms. The highest BCUT2D eigenvalue weighted by atomic mass is 35.5. The predicted molar refractivity (Wildman–Crippen MR) is 153 cm³/mol. The molecule has 0 spiro atoms. The lowest BCUT2D eigenvalue weighted by atomic mass is 10.2. The van der Waals surface area contributed by atoms with E-state index in [0.717, 1.165) is 5.56 Å². The van der Waals surface area contributed by atoms with Gasteiger partial charge in [-0.1, -0.05) is 23.7 Å². The van der Waals surface area contributed by atoms with Gasteiger partial charge in [-0.15, -0.1) is 0 Å². The van der Waals surface area contributed by atoms with E-state index >= 15 is 0 Å². The smallest absolute Gasteiger partial charge is 0.343 e. The third kappa shape index (κ3) is 7.85. The molecule has 0 aliphatic carbocycles. The molecule has 0 heterocycles. The Bertz CT molecular complexity index is 1470. The lowest BCUT2D eigenvalue weighted by Gasteiger charge is -2.11. The van der Waals surface area contributed by atoms with Crippen LogP contribution in [-0.2, 0) is 6.61 Å². The van der Waals surface area contributed by atoms with Crippen molar-refractivity contribution in [1.82, 2.24) is 5.43 Å². The van der Waals surface area contributed by atoms with Crippen LogP contribution in [0.4, 0.5) is 0 Å². The predicted octanol–water partition coefficient (Wildman–Crippen LogP) is 6.31. The fourth-order valence-electron chi connectivity index (χ4n) is 3.52. The van der Waals surface area contributed by atoms with Gasteiger partial charge in [-0.2, -0.15) is 5.10 Å². The molecule has 0 unspecified atom stereocenters. The largest absolute Gasteiger partial charge is 0.497 e. The Morgan fingerprint density at radius 1 is 0.825 bits per heavy atom. The van der Waals surface area contributed by atoms with Crippen LogP contribution in [0.3, 0.4) is 0 Å². The zero-order valence-corrected chi connectivity index (χ0v) is 22.7. The summed E-state index contributed by atoms with van der Waals surface area (Å²) < 4.78 is 22.1. The van der Waals surface area contributed by atoms with Gasteiger partial charge in [-0.3, -0.25) is 4.79 Å². The molecule has 204 valence electrons. The maximum atomic E-state index is 12.6. The maximum absolute atomic E-state index is 12.6. The summed E-state index contributed by atoms with van der Waals surface area (Å²) in [5, 5.41) is 4.70. The Kier molecular flexibility index (Phi) is 9.74. The number of carbonyl (C=O) groups excluding carboxylic acids is 2. The van der Waals surface area contributed by atoms with Gasteiger partial charge in [0.2, 0.25) is 0 Å². The highest BCUT2D eigenvalue weighted by Gasteiger charge is 2.13. The first kappa shape index (κ1) is 28.2. The van der Waals surface area contributed by atoms with Gasteiger partial charge in [0.1, 0.15) is 18.1 Å². The summed E-state index contributed by atoms with van der Waals surface area (Å²) in [4.78, 5) is 25.1. The Labute approximate surface area is 237 Å². The van der Waals surface area contributed by atoms with Gasteiger partial charge >= 0.3 is 5.97 Å². The fraction of sp³-hybridized carbons (Fsp3) is 0.129. The minimum atomic E-state index is -0.529. The normalized spacial score (nSPS) is 10.7. The number of nitrogens with one attached hydrogen (secondary N) is 1. The third-order valence-corrected chi connectivity index (χ3v) is 5.86. The summed E-state index contributed by atoms with van der Waals surface area (Å²) in [5.74, 6) is 0.995. The monoisotopic (exact) mass is 558 g/mol. The number of esters is 1. The second-order valence-corrected chi connectivity index (χ2v) is 8.83. The van der Waals surface area contributed by atoms with Crippen molar-refractivity contribution in [2.24, 2.45) is 5.10 Å². The fourth-order valence-corrected chi connectivity index (χ4v) is 3.65. The van der Waals surface area contributed by atoms with Gasteiger partial charge in [0, 0.05) is 10.6 Å². The van der Waals surface area contributed by atoms with Crippen molar-refractivity contribution in [3.05, 3.63) is 118 Å². The van der Waals surface area contributed by atoms with E-state index in [9.17, 15) is 9.59 Å².